The van der Waals surface area contributed by atoms with E-state index in [4.69, 9.17) is 17.3 Å². The molecule has 3 N–H and O–H groups in total. The van der Waals surface area contributed by atoms with Crippen LogP contribution in [0.2, 0.25) is 5.02 Å². The smallest absolute Gasteiger partial charge is 0.240 e. The van der Waals surface area contributed by atoms with Gasteiger partial charge in [0.15, 0.2) is 0 Å². The van der Waals surface area contributed by atoms with Gasteiger partial charge in [-0.15, -0.1) is 0 Å². The molecule has 0 aliphatic heterocycles. The maximum absolute atomic E-state index is 12.4. The van der Waals surface area contributed by atoms with Gasteiger partial charge in [0.1, 0.15) is 0 Å². The third-order valence-corrected chi connectivity index (χ3v) is 7.39. The molecular formula is C14H21ClN2O2S2. The van der Waals surface area contributed by atoms with Crippen LogP contribution in [-0.2, 0) is 10.0 Å². The van der Waals surface area contributed by atoms with Crippen LogP contribution in [0.25, 0.3) is 0 Å². The number of nitrogen functional groups attached to an aromatic ring is 1. The summed E-state index contributed by atoms with van der Waals surface area (Å²) in [5, 5.41) is 0.371. The Kier molecular flexibility index (Phi) is 5.13. The van der Waals surface area contributed by atoms with Crippen LogP contribution in [0.4, 0.5) is 5.69 Å². The van der Waals surface area contributed by atoms with Crippen molar-refractivity contribution in [2.45, 2.75) is 42.2 Å². The quantitative estimate of drug-likeness (QED) is 0.801. The molecule has 0 saturated heterocycles. The zero-order valence-electron chi connectivity index (χ0n) is 12.3. The van der Waals surface area contributed by atoms with Crippen LogP contribution >= 0.6 is 23.4 Å². The molecule has 1 aromatic carbocycles. The van der Waals surface area contributed by atoms with E-state index in [9.17, 15) is 8.42 Å². The van der Waals surface area contributed by atoms with Gasteiger partial charge in [-0.05, 0) is 43.7 Å². The van der Waals surface area contributed by atoms with Gasteiger partial charge in [-0.25, -0.2) is 13.1 Å². The highest BCUT2D eigenvalue weighted by atomic mass is 35.5. The molecule has 0 radical (unpaired) electrons. The Hall–Kier alpha value is -0.430. The number of hydrogen-bond donors (Lipinski definition) is 2. The highest BCUT2D eigenvalue weighted by Gasteiger charge is 2.34. The molecule has 0 unspecified atom stereocenters. The van der Waals surface area contributed by atoms with Gasteiger partial charge < -0.3 is 5.73 Å². The van der Waals surface area contributed by atoms with Gasteiger partial charge in [0.2, 0.25) is 10.0 Å². The number of anilines is 1. The summed E-state index contributed by atoms with van der Waals surface area (Å²) in [7, 11) is -3.59. The van der Waals surface area contributed by atoms with Crippen LogP contribution < -0.4 is 10.5 Å². The van der Waals surface area contributed by atoms with Gasteiger partial charge >= 0.3 is 0 Å². The first kappa shape index (κ1) is 16.9. The fraction of sp³-hybridized carbons (Fsp3) is 0.571. The summed E-state index contributed by atoms with van der Waals surface area (Å²) in [6.45, 7) is 2.21. The van der Waals surface area contributed by atoms with E-state index in [1.54, 1.807) is 18.7 Å². The molecule has 0 amide bonds. The van der Waals surface area contributed by atoms with Gasteiger partial charge in [-0.2, -0.15) is 11.8 Å². The minimum atomic E-state index is -3.59. The van der Waals surface area contributed by atoms with E-state index in [2.05, 4.69) is 4.72 Å². The van der Waals surface area contributed by atoms with Crippen molar-refractivity contribution in [1.29, 1.82) is 0 Å². The summed E-state index contributed by atoms with van der Waals surface area (Å²) in [5.41, 5.74) is 6.90. The number of sulfonamides is 1. The molecule has 7 heteroatoms. The van der Waals surface area contributed by atoms with Crippen LogP contribution in [-0.4, -0.2) is 26.0 Å². The van der Waals surface area contributed by atoms with Crippen LogP contribution in [0.3, 0.4) is 0 Å². The first-order valence-electron chi connectivity index (χ1n) is 6.90. The SMILES string of the molecule is CSC1(CNS(=O)(=O)c2cc(N)c(C)c(Cl)c2)CCCC1. The molecule has 1 fully saturated rings. The lowest BCUT2D eigenvalue weighted by Gasteiger charge is -2.26. The molecule has 4 nitrogen and oxygen atoms in total. The predicted octanol–water partition coefficient (Wildman–Crippen LogP) is 3.18. The number of hydrogen-bond acceptors (Lipinski definition) is 4. The minimum Gasteiger partial charge on any atom is -0.398 e. The molecular weight excluding hydrogens is 328 g/mol. The molecule has 0 heterocycles. The topological polar surface area (TPSA) is 72.2 Å². The molecule has 1 aromatic rings. The van der Waals surface area contributed by atoms with E-state index in [0.29, 0.717) is 22.8 Å². The second kappa shape index (κ2) is 6.36. The highest BCUT2D eigenvalue weighted by Crippen LogP contribution is 2.39. The Bertz CT molecular complexity index is 603. The Labute approximate surface area is 135 Å². The average molecular weight is 349 g/mol. The average Bonchev–Trinajstić information content (AvgIpc) is 2.92. The summed E-state index contributed by atoms with van der Waals surface area (Å²) in [5.74, 6) is 0. The van der Waals surface area contributed by atoms with E-state index >= 15 is 0 Å². The molecule has 1 aliphatic rings. The van der Waals surface area contributed by atoms with Gasteiger partial charge in [0.25, 0.3) is 0 Å². The maximum atomic E-state index is 12.4. The molecule has 118 valence electrons. The lowest BCUT2D eigenvalue weighted by atomic mass is 10.1. The van der Waals surface area contributed by atoms with Crippen LogP contribution in [0.5, 0.6) is 0 Å². The Morgan fingerprint density at radius 3 is 2.52 bits per heavy atom. The predicted molar refractivity (Wildman–Crippen MR) is 90.5 cm³/mol. The standard InChI is InChI=1S/C14H21ClN2O2S2/c1-10-12(15)7-11(8-13(10)16)21(18,19)17-9-14(20-2)5-3-4-6-14/h7-8,17H,3-6,9,16H2,1-2H3. The summed E-state index contributed by atoms with van der Waals surface area (Å²) < 4.78 is 27.6. The van der Waals surface area contributed by atoms with E-state index < -0.39 is 10.0 Å². The number of thioether (sulfide) groups is 1. The lowest BCUT2D eigenvalue weighted by Crippen LogP contribution is -2.38. The third kappa shape index (κ3) is 3.67. The molecule has 0 atom stereocenters. The first-order valence-corrected chi connectivity index (χ1v) is 9.99. The molecule has 0 bridgehead atoms. The van der Waals surface area contributed by atoms with Crippen molar-refractivity contribution in [3.05, 3.63) is 22.7 Å². The number of benzene rings is 1. The van der Waals surface area contributed by atoms with Crippen molar-refractivity contribution in [3.63, 3.8) is 0 Å². The molecule has 21 heavy (non-hydrogen) atoms. The summed E-state index contributed by atoms with van der Waals surface area (Å²) >= 11 is 7.78. The Morgan fingerprint density at radius 1 is 1.38 bits per heavy atom. The van der Waals surface area contributed by atoms with E-state index in [1.807, 2.05) is 6.26 Å². The number of rotatable bonds is 5. The molecule has 1 saturated carbocycles. The normalized spacial score (nSPS) is 18.0. The molecule has 1 aliphatic carbocycles. The summed E-state index contributed by atoms with van der Waals surface area (Å²) in [4.78, 5) is 0.129. The number of nitrogens with one attached hydrogen (secondary N) is 1. The Morgan fingerprint density at radius 2 is 2.00 bits per heavy atom. The third-order valence-electron chi connectivity index (χ3n) is 4.20. The highest BCUT2D eigenvalue weighted by molar-refractivity contribution is 8.00. The van der Waals surface area contributed by atoms with E-state index in [1.165, 1.54) is 12.1 Å². The van der Waals surface area contributed by atoms with Crippen LogP contribution in [0.15, 0.2) is 17.0 Å². The fourth-order valence-corrected chi connectivity index (χ4v) is 5.10. The monoisotopic (exact) mass is 348 g/mol. The largest absolute Gasteiger partial charge is 0.398 e. The van der Waals surface area contributed by atoms with Gasteiger partial charge in [0, 0.05) is 22.0 Å². The zero-order chi connectivity index (χ0) is 15.7. The van der Waals surface area contributed by atoms with Crippen molar-refractivity contribution in [2.24, 2.45) is 0 Å². The lowest BCUT2D eigenvalue weighted by molar-refractivity contribution is 0.551. The van der Waals surface area contributed by atoms with Crippen molar-refractivity contribution >= 4 is 39.1 Å². The van der Waals surface area contributed by atoms with Crippen LogP contribution in [0.1, 0.15) is 31.2 Å². The van der Waals surface area contributed by atoms with Gasteiger partial charge in [-0.3, -0.25) is 0 Å². The summed E-state index contributed by atoms with van der Waals surface area (Å²) in [6.07, 6.45) is 6.46. The summed E-state index contributed by atoms with van der Waals surface area (Å²) in [6, 6.07) is 2.92. The minimum absolute atomic E-state index is 0.0209. The van der Waals surface area contributed by atoms with E-state index in [0.717, 1.165) is 25.7 Å². The number of halogens is 1. The van der Waals surface area contributed by atoms with Crippen LogP contribution in [0, 0.1) is 6.92 Å². The first-order chi connectivity index (χ1) is 9.80. The van der Waals surface area contributed by atoms with E-state index in [-0.39, 0.29) is 9.64 Å². The van der Waals surface area contributed by atoms with Crippen molar-refractivity contribution in [3.8, 4) is 0 Å². The second-order valence-corrected chi connectivity index (χ2v) is 8.99. The zero-order valence-corrected chi connectivity index (χ0v) is 14.7. The molecule has 0 aromatic heterocycles. The number of nitrogens with two attached hydrogens (primary N) is 1. The van der Waals surface area contributed by atoms with Crippen molar-refractivity contribution < 1.29 is 8.42 Å². The fourth-order valence-electron chi connectivity index (χ4n) is 2.61. The molecule has 2 rings (SSSR count). The Balaban J connectivity index is 2.19. The maximum Gasteiger partial charge on any atom is 0.240 e. The van der Waals surface area contributed by atoms with Gasteiger partial charge in [0.05, 0.1) is 4.90 Å². The van der Waals surface area contributed by atoms with Gasteiger partial charge in [-0.1, -0.05) is 24.4 Å². The molecule has 0 spiro atoms. The van der Waals surface area contributed by atoms with Crippen molar-refractivity contribution in [1.82, 2.24) is 4.72 Å². The van der Waals surface area contributed by atoms with Crippen molar-refractivity contribution in [2.75, 3.05) is 18.5 Å². The second-order valence-electron chi connectivity index (χ2n) is 5.54.